The van der Waals surface area contributed by atoms with Gasteiger partial charge in [-0.3, -0.25) is 4.79 Å². The minimum atomic E-state index is -4.51. The second kappa shape index (κ2) is 8.37. The minimum Gasteiger partial charge on any atom is -0.497 e. The van der Waals surface area contributed by atoms with Crippen LogP contribution < -0.4 is 15.6 Å². The van der Waals surface area contributed by atoms with Gasteiger partial charge in [0.25, 0.3) is 5.56 Å². The number of ether oxygens (including phenoxy) is 1. The SMILES string of the molecule is COc1cccc(-c2nc3c(c(=O)[nH]2)CN(C(=O)Nc2cccc(C(F)(F)F)c2)CC3)c1. The number of anilines is 1. The molecule has 0 unspecified atom stereocenters. The third-order valence-electron chi connectivity index (χ3n) is 5.14. The van der Waals surface area contributed by atoms with Crippen LogP contribution in [0.25, 0.3) is 11.4 Å². The van der Waals surface area contributed by atoms with Crippen LogP contribution in [0.3, 0.4) is 0 Å². The maximum atomic E-state index is 12.9. The predicted molar refractivity (Wildman–Crippen MR) is 111 cm³/mol. The molecule has 0 fully saturated rings. The maximum Gasteiger partial charge on any atom is 0.416 e. The Kier molecular flexibility index (Phi) is 5.60. The lowest BCUT2D eigenvalue weighted by atomic mass is 10.1. The number of aromatic amines is 1. The highest BCUT2D eigenvalue weighted by Gasteiger charge is 2.31. The Morgan fingerprint density at radius 1 is 1.19 bits per heavy atom. The number of fused-ring (bicyclic) bond motifs is 1. The number of halogens is 3. The first-order chi connectivity index (χ1) is 15.2. The van der Waals surface area contributed by atoms with E-state index in [1.807, 2.05) is 0 Å². The van der Waals surface area contributed by atoms with Gasteiger partial charge in [-0.15, -0.1) is 0 Å². The number of benzene rings is 2. The number of nitrogens with zero attached hydrogens (tertiary/aromatic N) is 2. The monoisotopic (exact) mass is 444 g/mol. The number of alkyl halides is 3. The molecule has 0 saturated carbocycles. The van der Waals surface area contributed by atoms with Gasteiger partial charge in [-0.25, -0.2) is 9.78 Å². The number of rotatable bonds is 3. The Labute approximate surface area is 180 Å². The van der Waals surface area contributed by atoms with Gasteiger partial charge in [0.05, 0.1) is 30.5 Å². The molecule has 7 nitrogen and oxygen atoms in total. The van der Waals surface area contributed by atoms with Gasteiger partial charge in [0.1, 0.15) is 11.6 Å². The summed E-state index contributed by atoms with van der Waals surface area (Å²) in [6, 6.07) is 10.9. The number of carbonyl (C=O) groups is 1. The lowest BCUT2D eigenvalue weighted by molar-refractivity contribution is -0.137. The van der Waals surface area contributed by atoms with Crippen molar-refractivity contribution < 1.29 is 22.7 Å². The average molecular weight is 444 g/mol. The molecular formula is C22H19F3N4O3. The number of H-pyrrole nitrogens is 1. The summed E-state index contributed by atoms with van der Waals surface area (Å²) in [6.07, 6.45) is -4.17. The van der Waals surface area contributed by atoms with E-state index in [0.29, 0.717) is 34.8 Å². The summed E-state index contributed by atoms with van der Waals surface area (Å²) < 4.78 is 43.9. The van der Waals surface area contributed by atoms with Gasteiger partial charge in [-0.05, 0) is 30.3 Å². The molecule has 2 amide bonds. The van der Waals surface area contributed by atoms with Gasteiger partial charge in [0.15, 0.2) is 0 Å². The molecule has 10 heteroatoms. The van der Waals surface area contributed by atoms with Crippen LogP contribution in [0.1, 0.15) is 16.8 Å². The predicted octanol–water partition coefficient (Wildman–Crippen LogP) is 4.05. The lowest BCUT2D eigenvalue weighted by Crippen LogP contribution is -2.41. The molecule has 0 radical (unpaired) electrons. The highest BCUT2D eigenvalue weighted by atomic mass is 19.4. The molecule has 3 aromatic rings. The van der Waals surface area contributed by atoms with Crippen LogP contribution >= 0.6 is 0 Å². The number of hydrogen-bond donors (Lipinski definition) is 2. The Morgan fingerprint density at radius 3 is 2.72 bits per heavy atom. The van der Waals surface area contributed by atoms with E-state index in [0.717, 1.165) is 12.1 Å². The highest BCUT2D eigenvalue weighted by Crippen LogP contribution is 2.31. The van der Waals surface area contributed by atoms with Crippen LogP contribution in [0, 0.1) is 0 Å². The van der Waals surface area contributed by atoms with Crippen LogP contribution in [-0.4, -0.2) is 34.6 Å². The summed E-state index contributed by atoms with van der Waals surface area (Å²) >= 11 is 0. The number of hydrogen-bond acceptors (Lipinski definition) is 4. The van der Waals surface area contributed by atoms with E-state index < -0.39 is 17.8 Å². The fourth-order valence-electron chi connectivity index (χ4n) is 3.48. The fraction of sp³-hybridized carbons (Fsp3) is 0.227. The molecule has 0 spiro atoms. The number of aromatic nitrogens is 2. The number of amides is 2. The molecule has 0 saturated heterocycles. The van der Waals surface area contributed by atoms with E-state index in [4.69, 9.17) is 4.74 Å². The van der Waals surface area contributed by atoms with Crippen molar-refractivity contribution in [1.82, 2.24) is 14.9 Å². The topological polar surface area (TPSA) is 87.3 Å². The molecule has 0 bridgehead atoms. The second-order valence-electron chi connectivity index (χ2n) is 7.25. The van der Waals surface area contributed by atoms with Crippen molar-refractivity contribution in [3.8, 4) is 17.1 Å². The average Bonchev–Trinajstić information content (AvgIpc) is 2.78. The highest BCUT2D eigenvalue weighted by molar-refractivity contribution is 5.89. The van der Waals surface area contributed by atoms with E-state index in [1.165, 1.54) is 17.0 Å². The Hall–Kier alpha value is -3.82. The minimum absolute atomic E-state index is 0.000846. The molecule has 1 aromatic heterocycles. The van der Waals surface area contributed by atoms with Crippen molar-refractivity contribution in [3.05, 3.63) is 75.7 Å². The Balaban J connectivity index is 1.52. The number of methoxy groups -OCH3 is 1. The maximum absolute atomic E-state index is 12.9. The molecular weight excluding hydrogens is 425 g/mol. The van der Waals surface area contributed by atoms with E-state index in [9.17, 15) is 22.8 Å². The molecule has 166 valence electrons. The van der Waals surface area contributed by atoms with Gasteiger partial charge in [-0.2, -0.15) is 13.2 Å². The van der Waals surface area contributed by atoms with Gasteiger partial charge in [0.2, 0.25) is 0 Å². The quantitative estimate of drug-likeness (QED) is 0.638. The molecule has 4 rings (SSSR count). The summed E-state index contributed by atoms with van der Waals surface area (Å²) in [5.41, 5.74) is 0.413. The summed E-state index contributed by atoms with van der Waals surface area (Å²) in [5.74, 6) is 1.02. The lowest BCUT2D eigenvalue weighted by Gasteiger charge is -2.28. The molecule has 2 N–H and O–H groups in total. The van der Waals surface area contributed by atoms with Crippen LogP contribution in [0.4, 0.5) is 23.7 Å². The molecule has 2 aromatic carbocycles. The van der Waals surface area contributed by atoms with E-state index >= 15 is 0 Å². The Bertz CT molecular complexity index is 1220. The van der Waals surface area contributed by atoms with Crippen molar-refractivity contribution in [2.24, 2.45) is 0 Å². The number of urea groups is 1. The number of nitrogens with one attached hydrogen (secondary N) is 2. The normalized spacial score (nSPS) is 13.4. The van der Waals surface area contributed by atoms with Crippen molar-refractivity contribution in [3.63, 3.8) is 0 Å². The third kappa shape index (κ3) is 4.43. The third-order valence-corrected chi connectivity index (χ3v) is 5.14. The molecule has 32 heavy (non-hydrogen) atoms. The van der Waals surface area contributed by atoms with Crippen LogP contribution in [0.15, 0.2) is 53.3 Å². The van der Waals surface area contributed by atoms with Gasteiger partial charge in [0, 0.05) is 24.2 Å². The zero-order chi connectivity index (χ0) is 22.9. The first-order valence-electron chi connectivity index (χ1n) is 9.74. The first-order valence-corrected chi connectivity index (χ1v) is 9.74. The smallest absolute Gasteiger partial charge is 0.416 e. The molecule has 0 aliphatic carbocycles. The van der Waals surface area contributed by atoms with Crippen LogP contribution in [0.2, 0.25) is 0 Å². The number of carbonyl (C=O) groups excluding carboxylic acids is 1. The molecule has 0 atom stereocenters. The van der Waals surface area contributed by atoms with E-state index in [-0.39, 0.29) is 24.3 Å². The van der Waals surface area contributed by atoms with Crippen molar-refractivity contribution in [2.45, 2.75) is 19.1 Å². The van der Waals surface area contributed by atoms with Crippen LogP contribution in [-0.2, 0) is 19.1 Å². The largest absolute Gasteiger partial charge is 0.497 e. The summed E-state index contributed by atoms with van der Waals surface area (Å²) in [4.78, 5) is 33.9. The van der Waals surface area contributed by atoms with Gasteiger partial charge in [-0.1, -0.05) is 18.2 Å². The summed E-state index contributed by atoms with van der Waals surface area (Å²) in [6.45, 7) is 0.270. The van der Waals surface area contributed by atoms with Crippen molar-refractivity contribution >= 4 is 11.7 Å². The first kappa shape index (κ1) is 21.4. The zero-order valence-corrected chi connectivity index (χ0v) is 17.0. The fourth-order valence-corrected chi connectivity index (χ4v) is 3.48. The molecule has 1 aliphatic heterocycles. The Morgan fingerprint density at radius 2 is 1.97 bits per heavy atom. The summed E-state index contributed by atoms with van der Waals surface area (Å²) in [7, 11) is 1.54. The zero-order valence-electron chi connectivity index (χ0n) is 17.0. The van der Waals surface area contributed by atoms with Crippen LogP contribution in [0.5, 0.6) is 5.75 Å². The van der Waals surface area contributed by atoms with Gasteiger partial charge < -0.3 is 19.9 Å². The second-order valence-corrected chi connectivity index (χ2v) is 7.25. The molecule has 1 aliphatic rings. The molecule has 2 heterocycles. The van der Waals surface area contributed by atoms with Crippen molar-refractivity contribution in [1.29, 1.82) is 0 Å². The van der Waals surface area contributed by atoms with Crippen molar-refractivity contribution in [2.75, 3.05) is 19.0 Å². The van der Waals surface area contributed by atoms with Gasteiger partial charge >= 0.3 is 12.2 Å². The summed E-state index contributed by atoms with van der Waals surface area (Å²) in [5, 5.41) is 2.46. The van der Waals surface area contributed by atoms with E-state index in [2.05, 4.69) is 15.3 Å². The standard InChI is InChI=1S/C22H19F3N4O3/c1-32-16-7-2-4-13(10-16)19-27-18-8-9-29(12-17(18)20(30)28-19)21(31)26-15-6-3-5-14(11-15)22(23,24)25/h2-7,10-11H,8-9,12H2,1H3,(H,26,31)(H,27,28,30). The van der Waals surface area contributed by atoms with E-state index in [1.54, 1.807) is 31.4 Å².